The molecule has 3 rings (SSSR count). The van der Waals surface area contributed by atoms with Crippen molar-refractivity contribution < 1.29 is 24.2 Å². The highest BCUT2D eigenvalue weighted by Crippen LogP contribution is 2.40. The molecule has 1 aromatic carbocycles. The Balaban J connectivity index is 2.19. The number of aryl methyl sites for hydroxylation is 2. The fraction of sp³-hybridized carbons (Fsp3) is 0.400. The zero-order valence-corrected chi connectivity index (χ0v) is 20.0. The Morgan fingerprint density at radius 2 is 1.79 bits per heavy atom. The van der Waals surface area contributed by atoms with Gasteiger partial charge in [0.25, 0.3) is 11.7 Å². The second-order valence-corrected chi connectivity index (χ2v) is 8.55. The minimum absolute atomic E-state index is 0.0169. The summed E-state index contributed by atoms with van der Waals surface area (Å²) in [6.07, 6.45) is 0. The number of likely N-dealkylation sites (N-methyl/N-ethyl adjacent to an activating group) is 1. The third kappa shape index (κ3) is 4.57. The fourth-order valence-corrected chi connectivity index (χ4v) is 4.16. The molecular formula is C25H31N3O5. The van der Waals surface area contributed by atoms with E-state index >= 15 is 0 Å². The highest BCUT2D eigenvalue weighted by molar-refractivity contribution is 6.46. The lowest BCUT2D eigenvalue weighted by molar-refractivity contribution is -0.140. The second-order valence-electron chi connectivity index (χ2n) is 8.55. The Labute approximate surface area is 193 Å². The first kappa shape index (κ1) is 24.3. The number of ether oxygens (including phenoxy) is 1. The van der Waals surface area contributed by atoms with Crippen molar-refractivity contribution in [2.24, 2.45) is 0 Å². The number of likely N-dealkylation sites (tertiary alicyclic amines) is 1. The smallest absolute Gasteiger partial charge is 0.355 e. The minimum atomic E-state index is -0.741. The second kappa shape index (κ2) is 9.62. The van der Waals surface area contributed by atoms with Crippen LogP contribution in [0.1, 0.15) is 51.4 Å². The number of esters is 1. The first-order valence-corrected chi connectivity index (χ1v) is 10.9. The lowest BCUT2D eigenvalue weighted by Gasteiger charge is -2.26. The van der Waals surface area contributed by atoms with Crippen LogP contribution in [0.25, 0.3) is 5.76 Å². The van der Waals surface area contributed by atoms with Gasteiger partial charge in [-0.2, -0.15) is 0 Å². The standard InChI is InChI=1S/C25H31N3O5/c1-7-33-25(32)20-15(3)18(16(4)26-20)22(29)19-21(17-10-8-14(2)9-11-17)28(13-12-27(5)6)24(31)23(19)30/h8-11,21,26,29H,7,12-13H2,1-6H3/b22-19+/t21-/m0/s1. The van der Waals surface area contributed by atoms with Gasteiger partial charge >= 0.3 is 5.97 Å². The summed E-state index contributed by atoms with van der Waals surface area (Å²) in [5, 5.41) is 11.4. The van der Waals surface area contributed by atoms with Gasteiger partial charge in [-0.05, 0) is 52.9 Å². The summed E-state index contributed by atoms with van der Waals surface area (Å²) in [7, 11) is 3.78. The molecule has 1 saturated heterocycles. The molecule has 1 fully saturated rings. The number of carbonyl (C=O) groups is 3. The van der Waals surface area contributed by atoms with E-state index in [9.17, 15) is 19.5 Å². The number of aromatic amines is 1. The molecule has 0 bridgehead atoms. The molecule has 2 N–H and O–H groups in total. The molecule has 1 amide bonds. The zero-order chi connectivity index (χ0) is 24.4. The Morgan fingerprint density at radius 3 is 2.36 bits per heavy atom. The highest BCUT2D eigenvalue weighted by Gasteiger charge is 2.46. The molecule has 0 spiro atoms. The predicted molar refractivity (Wildman–Crippen MR) is 125 cm³/mol. The van der Waals surface area contributed by atoms with Crippen LogP contribution in [0.2, 0.25) is 0 Å². The van der Waals surface area contributed by atoms with Crippen LogP contribution < -0.4 is 0 Å². The number of hydrogen-bond acceptors (Lipinski definition) is 6. The van der Waals surface area contributed by atoms with Gasteiger partial charge in [0.05, 0.1) is 18.2 Å². The van der Waals surface area contributed by atoms with Gasteiger partial charge < -0.3 is 24.6 Å². The number of ketones is 1. The summed E-state index contributed by atoms with van der Waals surface area (Å²) in [5.41, 5.74) is 3.31. The Morgan fingerprint density at radius 1 is 1.15 bits per heavy atom. The van der Waals surface area contributed by atoms with E-state index in [0.717, 1.165) is 11.1 Å². The van der Waals surface area contributed by atoms with E-state index in [0.29, 0.717) is 29.9 Å². The lowest BCUT2D eigenvalue weighted by Crippen LogP contribution is -2.35. The third-order valence-electron chi connectivity index (χ3n) is 5.88. The van der Waals surface area contributed by atoms with Crippen LogP contribution in [0.4, 0.5) is 0 Å². The van der Waals surface area contributed by atoms with Gasteiger partial charge in [0.1, 0.15) is 11.5 Å². The molecule has 1 aromatic heterocycles. The van der Waals surface area contributed by atoms with Gasteiger partial charge in [0.15, 0.2) is 0 Å². The summed E-state index contributed by atoms with van der Waals surface area (Å²) in [6, 6.07) is 6.82. The lowest BCUT2D eigenvalue weighted by atomic mass is 9.93. The van der Waals surface area contributed by atoms with Gasteiger partial charge in [-0.3, -0.25) is 9.59 Å². The predicted octanol–water partition coefficient (Wildman–Crippen LogP) is 3.10. The van der Waals surface area contributed by atoms with E-state index < -0.39 is 23.7 Å². The SMILES string of the molecule is CCOC(=O)c1[nH]c(C)c(/C(O)=C2\C(=O)C(=O)N(CCN(C)C)[C@H]2c2ccc(C)cc2)c1C. The van der Waals surface area contributed by atoms with Crippen LogP contribution in [-0.2, 0) is 14.3 Å². The zero-order valence-electron chi connectivity index (χ0n) is 20.0. The molecule has 0 unspecified atom stereocenters. The number of H-pyrrole nitrogens is 1. The van der Waals surface area contributed by atoms with E-state index in [4.69, 9.17) is 4.74 Å². The Hall–Kier alpha value is -3.39. The van der Waals surface area contributed by atoms with Crippen LogP contribution in [0.5, 0.6) is 0 Å². The van der Waals surface area contributed by atoms with Crippen LogP contribution in [0.3, 0.4) is 0 Å². The van der Waals surface area contributed by atoms with Crippen LogP contribution in [0, 0.1) is 20.8 Å². The summed E-state index contributed by atoms with van der Waals surface area (Å²) in [4.78, 5) is 44.9. The average molecular weight is 454 g/mol. The highest BCUT2D eigenvalue weighted by atomic mass is 16.5. The number of carbonyl (C=O) groups excluding carboxylic acids is 3. The van der Waals surface area contributed by atoms with E-state index in [1.807, 2.05) is 50.2 Å². The van der Waals surface area contributed by atoms with Crippen molar-refractivity contribution in [3.05, 3.63) is 63.5 Å². The molecule has 176 valence electrons. The van der Waals surface area contributed by atoms with Crippen molar-refractivity contribution in [1.29, 1.82) is 0 Å². The Kier molecular flexibility index (Phi) is 7.07. The van der Waals surface area contributed by atoms with E-state index in [1.54, 1.807) is 20.8 Å². The van der Waals surface area contributed by atoms with E-state index in [-0.39, 0.29) is 23.6 Å². The molecule has 8 heteroatoms. The first-order valence-electron chi connectivity index (χ1n) is 10.9. The molecule has 1 atom stereocenters. The summed E-state index contributed by atoms with van der Waals surface area (Å²) < 4.78 is 5.09. The molecule has 8 nitrogen and oxygen atoms in total. The molecule has 0 aliphatic carbocycles. The number of aliphatic hydroxyl groups excluding tert-OH is 1. The topological polar surface area (TPSA) is 103 Å². The van der Waals surface area contributed by atoms with Crippen molar-refractivity contribution >= 4 is 23.4 Å². The number of hydrogen-bond donors (Lipinski definition) is 2. The van der Waals surface area contributed by atoms with Crippen LogP contribution in [0.15, 0.2) is 29.8 Å². The normalized spacial score (nSPS) is 17.8. The molecule has 0 saturated carbocycles. The number of aliphatic hydroxyl groups is 1. The van der Waals surface area contributed by atoms with Crippen molar-refractivity contribution in [2.75, 3.05) is 33.8 Å². The summed E-state index contributed by atoms with van der Waals surface area (Å²) in [5.74, 6) is -2.23. The van der Waals surface area contributed by atoms with Gasteiger partial charge in [-0.25, -0.2) is 4.79 Å². The van der Waals surface area contributed by atoms with E-state index in [2.05, 4.69) is 4.98 Å². The maximum Gasteiger partial charge on any atom is 0.355 e. The van der Waals surface area contributed by atoms with E-state index in [1.165, 1.54) is 4.90 Å². The molecule has 2 heterocycles. The van der Waals surface area contributed by atoms with Crippen molar-refractivity contribution in [1.82, 2.24) is 14.8 Å². The number of nitrogens with one attached hydrogen (secondary N) is 1. The van der Waals surface area contributed by atoms with Gasteiger partial charge in [-0.1, -0.05) is 29.8 Å². The van der Waals surface area contributed by atoms with Crippen LogP contribution in [-0.4, -0.2) is 71.3 Å². The monoisotopic (exact) mass is 453 g/mol. The number of benzene rings is 1. The minimum Gasteiger partial charge on any atom is -0.507 e. The number of Topliss-reactive ketones (excluding diaryl/α,β-unsaturated/α-hetero) is 1. The molecule has 2 aromatic rings. The number of aromatic nitrogens is 1. The number of amides is 1. The third-order valence-corrected chi connectivity index (χ3v) is 5.88. The summed E-state index contributed by atoms with van der Waals surface area (Å²) >= 11 is 0. The summed E-state index contributed by atoms with van der Waals surface area (Å²) in [6.45, 7) is 8.14. The van der Waals surface area contributed by atoms with Gasteiger partial charge in [-0.15, -0.1) is 0 Å². The van der Waals surface area contributed by atoms with Gasteiger partial charge in [0, 0.05) is 24.3 Å². The van der Waals surface area contributed by atoms with Gasteiger partial charge in [0.2, 0.25) is 0 Å². The van der Waals surface area contributed by atoms with Crippen molar-refractivity contribution in [2.45, 2.75) is 33.7 Å². The Bertz CT molecular complexity index is 1110. The molecule has 1 aliphatic rings. The molecule has 1 aliphatic heterocycles. The first-order chi connectivity index (χ1) is 15.6. The van der Waals surface area contributed by atoms with Crippen LogP contribution >= 0.6 is 0 Å². The molecular weight excluding hydrogens is 422 g/mol. The average Bonchev–Trinajstić information content (AvgIpc) is 3.19. The molecule has 0 radical (unpaired) electrons. The maximum absolute atomic E-state index is 13.2. The number of nitrogens with zero attached hydrogens (tertiary/aromatic N) is 2. The fourth-order valence-electron chi connectivity index (χ4n) is 4.16. The van der Waals surface area contributed by atoms with Crippen molar-refractivity contribution in [3.8, 4) is 0 Å². The largest absolute Gasteiger partial charge is 0.507 e. The van der Waals surface area contributed by atoms with Crippen molar-refractivity contribution in [3.63, 3.8) is 0 Å². The quantitative estimate of drug-likeness (QED) is 0.289. The number of rotatable bonds is 7. The maximum atomic E-state index is 13.2. The molecule has 33 heavy (non-hydrogen) atoms.